The van der Waals surface area contributed by atoms with Gasteiger partial charge in [0.1, 0.15) is 25.4 Å². The second-order valence-electron chi connectivity index (χ2n) is 8.44. The molecule has 3 rings (SSSR count). The highest BCUT2D eigenvalue weighted by atomic mass is 16.7. The predicted octanol–water partition coefficient (Wildman–Crippen LogP) is 4.72. The average molecular weight is 413 g/mol. The molecule has 1 atom stereocenters. The number of esters is 1. The van der Waals surface area contributed by atoms with E-state index >= 15 is 0 Å². The Morgan fingerprint density at radius 1 is 1.00 bits per heavy atom. The summed E-state index contributed by atoms with van der Waals surface area (Å²) in [6.45, 7) is 12.4. The fourth-order valence-electron chi connectivity index (χ4n) is 4.02. The monoisotopic (exact) mass is 412 g/mol. The van der Waals surface area contributed by atoms with Crippen LogP contribution in [0, 0.1) is 27.7 Å². The molecule has 1 saturated heterocycles. The molecule has 5 heteroatoms. The Kier molecular flexibility index (Phi) is 6.96. The Hall–Kier alpha value is -2.21. The number of hydrogen-bond acceptors (Lipinski definition) is 5. The third-order valence-electron chi connectivity index (χ3n) is 5.47. The maximum Gasteiger partial charge on any atom is 0.332 e. The van der Waals surface area contributed by atoms with Gasteiger partial charge in [-0.25, -0.2) is 4.79 Å². The molecule has 0 aromatic heterocycles. The minimum atomic E-state index is -0.636. The van der Waals surface area contributed by atoms with Crippen molar-refractivity contribution in [3.8, 4) is 0 Å². The molecule has 2 aromatic carbocycles. The molecule has 0 radical (unpaired) electrons. The highest BCUT2D eigenvalue weighted by Gasteiger charge is 2.33. The molecule has 1 aliphatic heterocycles. The first-order chi connectivity index (χ1) is 14.2. The zero-order chi connectivity index (χ0) is 21.9. The van der Waals surface area contributed by atoms with Crippen molar-refractivity contribution in [3.05, 3.63) is 69.8 Å². The van der Waals surface area contributed by atoms with E-state index in [1.165, 1.54) is 0 Å². The molecule has 0 spiro atoms. The minimum Gasteiger partial charge on any atom is -0.461 e. The lowest BCUT2D eigenvalue weighted by atomic mass is 9.89. The van der Waals surface area contributed by atoms with Gasteiger partial charge in [0.25, 0.3) is 0 Å². The van der Waals surface area contributed by atoms with Gasteiger partial charge in [-0.1, -0.05) is 36.4 Å². The fraction of sp³-hybridized carbons (Fsp3) is 0.480. The van der Waals surface area contributed by atoms with Crippen molar-refractivity contribution in [2.24, 2.45) is 0 Å². The summed E-state index contributed by atoms with van der Waals surface area (Å²) in [4.78, 5) is 12.4. The van der Waals surface area contributed by atoms with Gasteiger partial charge in [-0.05, 0) is 74.9 Å². The van der Waals surface area contributed by atoms with E-state index in [-0.39, 0.29) is 25.4 Å². The first kappa shape index (κ1) is 22.5. The van der Waals surface area contributed by atoms with Crippen molar-refractivity contribution in [2.45, 2.75) is 59.5 Å². The van der Waals surface area contributed by atoms with Crippen molar-refractivity contribution in [3.63, 3.8) is 0 Å². The van der Waals surface area contributed by atoms with Crippen LogP contribution in [0.25, 0.3) is 0 Å². The highest BCUT2D eigenvalue weighted by molar-refractivity contribution is 5.70. The molecule has 0 amide bonds. The molecule has 2 aromatic rings. The Balaban J connectivity index is 1.75. The number of carbonyl (C=O) groups is 1. The average Bonchev–Trinajstić information content (AvgIpc) is 3.02. The third-order valence-corrected chi connectivity index (χ3v) is 5.47. The van der Waals surface area contributed by atoms with Crippen LogP contribution in [0.4, 0.5) is 0 Å². The van der Waals surface area contributed by atoms with E-state index in [1.54, 1.807) is 0 Å². The number of hydrogen-bond donors (Lipinski definition) is 0. The van der Waals surface area contributed by atoms with Gasteiger partial charge in [0.2, 0.25) is 0 Å². The number of aryl methyl sites for hydroxylation is 4. The molecule has 1 fully saturated rings. The summed E-state index contributed by atoms with van der Waals surface area (Å²) >= 11 is 0. The number of ether oxygens (including phenoxy) is 4. The molecular formula is C25H32O5. The molecule has 162 valence electrons. The third kappa shape index (κ3) is 5.28. The van der Waals surface area contributed by atoms with Crippen LogP contribution in [0.15, 0.2) is 36.4 Å². The maximum atomic E-state index is 12.4. The van der Waals surface area contributed by atoms with Crippen LogP contribution >= 0.6 is 0 Å². The molecular weight excluding hydrogens is 380 g/mol. The summed E-state index contributed by atoms with van der Waals surface area (Å²) in [5, 5.41) is 0. The number of rotatable bonds is 7. The van der Waals surface area contributed by atoms with Crippen molar-refractivity contribution < 1.29 is 23.7 Å². The molecule has 5 nitrogen and oxygen atoms in total. The Morgan fingerprint density at radius 2 is 1.50 bits per heavy atom. The zero-order valence-electron chi connectivity index (χ0n) is 18.8. The summed E-state index contributed by atoms with van der Waals surface area (Å²) in [7, 11) is 0. The zero-order valence-corrected chi connectivity index (χ0v) is 18.8. The van der Waals surface area contributed by atoms with Crippen molar-refractivity contribution in [2.75, 3.05) is 19.8 Å². The van der Waals surface area contributed by atoms with Crippen molar-refractivity contribution >= 4 is 5.97 Å². The normalized spacial score (nSPS) is 18.0. The first-order valence-electron chi connectivity index (χ1n) is 10.4. The molecule has 0 aliphatic carbocycles. The summed E-state index contributed by atoms with van der Waals surface area (Å²) in [6, 6.07) is 12.4. The molecule has 1 unspecified atom stereocenters. The van der Waals surface area contributed by atoms with Gasteiger partial charge < -0.3 is 18.9 Å². The molecule has 1 aliphatic rings. The lowest BCUT2D eigenvalue weighted by Crippen LogP contribution is -2.26. The largest absolute Gasteiger partial charge is 0.461 e. The number of carbonyl (C=O) groups excluding carboxylic acids is 1. The summed E-state index contributed by atoms with van der Waals surface area (Å²) < 4.78 is 22.8. The van der Waals surface area contributed by atoms with E-state index < -0.39 is 11.8 Å². The van der Waals surface area contributed by atoms with E-state index in [0.29, 0.717) is 6.61 Å². The predicted molar refractivity (Wildman–Crippen MR) is 115 cm³/mol. The highest BCUT2D eigenvalue weighted by Crippen LogP contribution is 2.34. The van der Waals surface area contributed by atoms with Gasteiger partial charge in [-0.3, -0.25) is 0 Å². The van der Waals surface area contributed by atoms with Gasteiger partial charge in [0.15, 0.2) is 5.79 Å². The lowest BCUT2D eigenvalue weighted by Gasteiger charge is -2.25. The van der Waals surface area contributed by atoms with Gasteiger partial charge in [0, 0.05) is 0 Å². The van der Waals surface area contributed by atoms with Crippen molar-refractivity contribution in [1.29, 1.82) is 0 Å². The van der Waals surface area contributed by atoms with Crippen LogP contribution in [-0.2, 0) is 23.7 Å². The lowest BCUT2D eigenvalue weighted by molar-refractivity contribution is -0.162. The van der Waals surface area contributed by atoms with Crippen LogP contribution < -0.4 is 0 Å². The van der Waals surface area contributed by atoms with Crippen LogP contribution in [-0.4, -0.2) is 37.7 Å². The second-order valence-corrected chi connectivity index (χ2v) is 8.44. The van der Waals surface area contributed by atoms with Gasteiger partial charge >= 0.3 is 5.97 Å². The molecule has 0 bridgehead atoms. The Labute approximate surface area is 179 Å². The van der Waals surface area contributed by atoms with Crippen LogP contribution in [0.2, 0.25) is 0 Å². The van der Waals surface area contributed by atoms with E-state index in [4.69, 9.17) is 18.9 Å². The summed E-state index contributed by atoms with van der Waals surface area (Å²) in [5.74, 6) is -1.05. The first-order valence-corrected chi connectivity index (χ1v) is 10.4. The van der Waals surface area contributed by atoms with E-state index in [9.17, 15) is 4.79 Å². The van der Waals surface area contributed by atoms with E-state index in [2.05, 4.69) is 52.0 Å². The molecule has 1 heterocycles. The van der Waals surface area contributed by atoms with E-state index in [1.807, 2.05) is 26.0 Å². The smallest absolute Gasteiger partial charge is 0.332 e. The van der Waals surface area contributed by atoms with Crippen LogP contribution in [0.3, 0.4) is 0 Å². The SMILES string of the molecule is Cc1cccc(C)c1C(OCC(=O)OCC1COC(C)(C)O1)c1c(C)cccc1C. The van der Waals surface area contributed by atoms with Gasteiger partial charge in [-0.2, -0.15) is 0 Å². The van der Waals surface area contributed by atoms with E-state index in [0.717, 1.165) is 33.4 Å². The van der Waals surface area contributed by atoms with Crippen LogP contribution in [0.5, 0.6) is 0 Å². The minimum absolute atomic E-state index is 0.136. The summed E-state index contributed by atoms with van der Waals surface area (Å²) in [5.41, 5.74) is 6.72. The molecule has 30 heavy (non-hydrogen) atoms. The Morgan fingerprint density at radius 3 is 1.93 bits per heavy atom. The quantitative estimate of drug-likeness (QED) is 0.616. The fourth-order valence-corrected chi connectivity index (χ4v) is 4.02. The van der Waals surface area contributed by atoms with Crippen molar-refractivity contribution in [1.82, 2.24) is 0 Å². The standard InChI is InChI=1S/C25H32O5/c1-16-9-7-10-17(2)22(16)24(23-18(3)11-8-12-19(23)4)28-15-21(26)27-13-20-14-29-25(5,6)30-20/h7-12,20,24H,13-15H2,1-6H3. The maximum absolute atomic E-state index is 12.4. The topological polar surface area (TPSA) is 54.0 Å². The van der Waals surface area contributed by atoms with Gasteiger partial charge in [-0.15, -0.1) is 0 Å². The molecule has 0 N–H and O–H groups in total. The summed E-state index contributed by atoms with van der Waals surface area (Å²) in [6.07, 6.45) is -0.595. The van der Waals surface area contributed by atoms with Gasteiger partial charge in [0.05, 0.1) is 6.61 Å². The van der Waals surface area contributed by atoms with Crippen LogP contribution in [0.1, 0.15) is 53.3 Å². The number of benzene rings is 2. The molecule has 0 saturated carbocycles. The Bertz CT molecular complexity index is 810. The second kappa shape index (κ2) is 9.29.